The van der Waals surface area contributed by atoms with Gasteiger partial charge in [-0.05, 0) is 34.1 Å². The largest absolute Gasteiger partial charge is 0.481 e. The molecule has 1 aromatic rings. The molecule has 2 rings (SSSR count). The number of halogens is 2. The van der Waals surface area contributed by atoms with Gasteiger partial charge >= 0.3 is 5.97 Å². The summed E-state index contributed by atoms with van der Waals surface area (Å²) in [6, 6.07) is 4.67. The maximum absolute atomic E-state index is 12.1. The number of carbonyl (C=O) groups is 2. The van der Waals surface area contributed by atoms with Crippen molar-refractivity contribution in [3.05, 3.63) is 32.7 Å². The second kappa shape index (κ2) is 6.02. The van der Waals surface area contributed by atoms with Crippen molar-refractivity contribution in [1.29, 1.82) is 0 Å². The Labute approximate surface area is 126 Å². The smallest absolute Gasteiger partial charge is 0.311 e. The molecule has 1 fully saturated rings. The van der Waals surface area contributed by atoms with Crippen molar-refractivity contribution in [2.75, 3.05) is 13.2 Å². The Morgan fingerprint density at radius 2 is 2.05 bits per heavy atom. The maximum atomic E-state index is 12.1. The Balaban J connectivity index is 2.10. The quantitative estimate of drug-likeness (QED) is 0.825. The monoisotopic (exact) mass is 391 g/mol. The number of nitrogens with one attached hydrogen (secondary N) is 1. The van der Waals surface area contributed by atoms with Gasteiger partial charge in [-0.2, -0.15) is 0 Å². The highest BCUT2D eigenvalue weighted by Gasteiger charge is 2.35. The first-order valence-electron chi connectivity index (χ1n) is 5.55. The van der Waals surface area contributed by atoms with E-state index in [2.05, 4.69) is 37.2 Å². The van der Waals surface area contributed by atoms with Crippen LogP contribution >= 0.6 is 31.9 Å². The van der Waals surface area contributed by atoms with Crippen molar-refractivity contribution in [2.24, 2.45) is 5.92 Å². The first-order valence-corrected chi connectivity index (χ1v) is 7.14. The lowest BCUT2D eigenvalue weighted by atomic mass is 10.0. The summed E-state index contributed by atoms with van der Waals surface area (Å²) in [6.07, 6.45) is 0. The molecule has 0 saturated carbocycles. The normalized spacial score (nSPS) is 22.2. The molecule has 5 nitrogen and oxygen atoms in total. The summed E-state index contributed by atoms with van der Waals surface area (Å²) in [6.45, 7) is 0.346. The van der Waals surface area contributed by atoms with Crippen molar-refractivity contribution in [3.8, 4) is 0 Å². The Bertz CT molecular complexity index is 520. The first-order chi connectivity index (χ1) is 8.99. The van der Waals surface area contributed by atoms with Crippen LogP contribution in [0.4, 0.5) is 0 Å². The number of rotatable bonds is 3. The van der Waals surface area contributed by atoms with Gasteiger partial charge in [-0.15, -0.1) is 0 Å². The van der Waals surface area contributed by atoms with Crippen molar-refractivity contribution < 1.29 is 19.4 Å². The summed E-state index contributed by atoms with van der Waals surface area (Å²) in [5.74, 6) is -1.98. The summed E-state index contributed by atoms with van der Waals surface area (Å²) in [5, 5.41) is 11.7. The van der Waals surface area contributed by atoms with Gasteiger partial charge in [0.2, 0.25) is 0 Å². The van der Waals surface area contributed by atoms with Gasteiger partial charge in [0, 0.05) is 8.95 Å². The zero-order valence-electron chi connectivity index (χ0n) is 9.73. The lowest BCUT2D eigenvalue weighted by Crippen LogP contribution is -2.42. The minimum absolute atomic E-state index is 0.127. The molecule has 7 heteroatoms. The van der Waals surface area contributed by atoms with E-state index in [1.165, 1.54) is 0 Å². The van der Waals surface area contributed by atoms with Crippen LogP contribution in [0.2, 0.25) is 0 Å². The van der Waals surface area contributed by atoms with Crippen LogP contribution in [0.5, 0.6) is 0 Å². The standard InChI is InChI=1S/C12H11Br2NO4/c13-6-1-2-7(9(14)3-6)11(16)15-10-5-19-4-8(10)12(17)18/h1-3,8,10H,4-5H2,(H,15,16)(H,17,18). The molecule has 1 aromatic carbocycles. The number of carboxylic acids is 1. The number of amides is 1. The molecule has 0 spiro atoms. The number of carbonyl (C=O) groups excluding carboxylic acids is 1. The molecular formula is C12H11Br2NO4. The van der Waals surface area contributed by atoms with Gasteiger partial charge in [0.05, 0.1) is 24.8 Å². The highest BCUT2D eigenvalue weighted by molar-refractivity contribution is 9.11. The van der Waals surface area contributed by atoms with Crippen LogP contribution in [0, 0.1) is 5.92 Å². The van der Waals surface area contributed by atoms with Crippen molar-refractivity contribution >= 4 is 43.7 Å². The van der Waals surface area contributed by atoms with Gasteiger partial charge in [-0.1, -0.05) is 15.9 Å². The molecular weight excluding hydrogens is 382 g/mol. The molecule has 1 aliphatic heterocycles. The topological polar surface area (TPSA) is 75.6 Å². The van der Waals surface area contributed by atoms with Crippen LogP contribution in [0.25, 0.3) is 0 Å². The molecule has 2 unspecified atom stereocenters. The molecule has 0 radical (unpaired) electrons. The lowest BCUT2D eigenvalue weighted by Gasteiger charge is -2.16. The van der Waals surface area contributed by atoms with Gasteiger partial charge in [0.15, 0.2) is 0 Å². The average Bonchev–Trinajstić information content (AvgIpc) is 2.76. The van der Waals surface area contributed by atoms with Crippen LogP contribution in [-0.4, -0.2) is 36.2 Å². The summed E-state index contributed by atoms with van der Waals surface area (Å²) < 4.78 is 6.60. The highest BCUT2D eigenvalue weighted by Crippen LogP contribution is 2.22. The average molecular weight is 393 g/mol. The molecule has 2 N–H and O–H groups in total. The van der Waals surface area contributed by atoms with E-state index in [-0.39, 0.29) is 19.1 Å². The number of carboxylic acid groups (broad SMARTS) is 1. The third-order valence-electron chi connectivity index (χ3n) is 2.89. The fraction of sp³-hybridized carbons (Fsp3) is 0.333. The maximum Gasteiger partial charge on any atom is 0.311 e. The fourth-order valence-electron chi connectivity index (χ4n) is 1.86. The van der Waals surface area contributed by atoms with E-state index in [4.69, 9.17) is 9.84 Å². The van der Waals surface area contributed by atoms with E-state index in [1.54, 1.807) is 18.2 Å². The second-order valence-corrected chi connectivity index (χ2v) is 5.96. The van der Waals surface area contributed by atoms with Crippen molar-refractivity contribution in [3.63, 3.8) is 0 Å². The van der Waals surface area contributed by atoms with Crippen molar-refractivity contribution in [2.45, 2.75) is 6.04 Å². The fourth-order valence-corrected chi connectivity index (χ4v) is 3.09. The predicted octanol–water partition coefficient (Wildman–Crippen LogP) is 2.04. The van der Waals surface area contributed by atoms with Crippen LogP contribution in [0.1, 0.15) is 10.4 Å². The number of aliphatic carboxylic acids is 1. The zero-order valence-corrected chi connectivity index (χ0v) is 12.9. The molecule has 0 aromatic heterocycles. The number of benzene rings is 1. The Hall–Kier alpha value is -0.920. The summed E-state index contributed by atoms with van der Waals surface area (Å²) in [7, 11) is 0. The minimum atomic E-state index is -0.960. The molecule has 102 valence electrons. The highest BCUT2D eigenvalue weighted by atomic mass is 79.9. The van der Waals surface area contributed by atoms with Crippen molar-refractivity contribution in [1.82, 2.24) is 5.32 Å². The molecule has 2 atom stereocenters. The van der Waals surface area contributed by atoms with E-state index < -0.39 is 17.9 Å². The summed E-state index contributed by atoms with van der Waals surface area (Å²) >= 11 is 6.61. The van der Waals surface area contributed by atoms with E-state index in [1.807, 2.05) is 0 Å². The lowest BCUT2D eigenvalue weighted by molar-refractivity contribution is -0.142. The molecule has 1 heterocycles. The molecule has 19 heavy (non-hydrogen) atoms. The third kappa shape index (κ3) is 3.34. The van der Waals surface area contributed by atoms with Crippen LogP contribution < -0.4 is 5.32 Å². The van der Waals surface area contributed by atoms with Crippen LogP contribution in [-0.2, 0) is 9.53 Å². The van der Waals surface area contributed by atoms with E-state index in [9.17, 15) is 9.59 Å². The zero-order chi connectivity index (χ0) is 14.0. The van der Waals surface area contributed by atoms with Crippen LogP contribution in [0.15, 0.2) is 27.1 Å². The Morgan fingerprint density at radius 3 is 2.68 bits per heavy atom. The SMILES string of the molecule is O=C(NC1COCC1C(=O)O)c1ccc(Br)cc1Br. The van der Waals surface area contributed by atoms with Gasteiger partial charge in [-0.3, -0.25) is 9.59 Å². The van der Waals surface area contributed by atoms with Gasteiger partial charge in [0.25, 0.3) is 5.91 Å². The molecule has 1 aliphatic rings. The molecule has 1 saturated heterocycles. The molecule has 0 aliphatic carbocycles. The minimum Gasteiger partial charge on any atom is -0.481 e. The molecule has 0 bridgehead atoms. The Kier molecular flexibility index (Phi) is 4.59. The molecule has 1 amide bonds. The van der Waals surface area contributed by atoms with Crippen LogP contribution in [0.3, 0.4) is 0 Å². The first kappa shape index (κ1) is 14.5. The summed E-state index contributed by atoms with van der Waals surface area (Å²) in [5.41, 5.74) is 0.458. The number of hydrogen-bond acceptors (Lipinski definition) is 3. The second-order valence-electron chi connectivity index (χ2n) is 4.19. The van der Waals surface area contributed by atoms with Gasteiger partial charge < -0.3 is 15.2 Å². The predicted molar refractivity (Wildman–Crippen MR) is 75.0 cm³/mol. The van der Waals surface area contributed by atoms with Gasteiger partial charge in [0.1, 0.15) is 5.92 Å². The number of hydrogen-bond donors (Lipinski definition) is 2. The Morgan fingerprint density at radius 1 is 1.32 bits per heavy atom. The summed E-state index contributed by atoms with van der Waals surface area (Å²) in [4.78, 5) is 23.1. The third-order valence-corrected chi connectivity index (χ3v) is 4.04. The van der Waals surface area contributed by atoms with Gasteiger partial charge in [-0.25, -0.2) is 0 Å². The number of ether oxygens (including phenoxy) is 1. The van der Waals surface area contributed by atoms with E-state index in [0.717, 1.165) is 4.47 Å². The van der Waals surface area contributed by atoms with E-state index in [0.29, 0.717) is 10.0 Å². The van der Waals surface area contributed by atoms with E-state index >= 15 is 0 Å².